The molecular formula is C12H12BrN3O. The van der Waals surface area contributed by atoms with Crippen LogP contribution in [0.1, 0.15) is 11.1 Å². The number of halogens is 1. The van der Waals surface area contributed by atoms with Crippen molar-refractivity contribution in [1.29, 1.82) is 0 Å². The first-order chi connectivity index (χ1) is 8.08. The molecule has 1 heterocycles. The van der Waals surface area contributed by atoms with Crippen LogP contribution in [0.4, 0.5) is 5.82 Å². The average molecular weight is 294 g/mol. The first-order valence-electron chi connectivity index (χ1n) is 5.09. The second-order valence-corrected chi connectivity index (χ2v) is 4.58. The number of aromatic nitrogens is 2. The Morgan fingerprint density at radius 2 is 2.00 bits per heavy atom. The number of aryl methyl sites for hydroxylation is 1. The molecule has 0 aliphatic carbocycles. The van der Waals surface area contributed by atoms with Gasteiger partial charge in [-0.3, -0.25) is 0 Å². The molecule has 0 radical (unpaired) electrons. The summed E-state index contributed by atoms with van der Waals surface area (Å²) < 4.78 is 6.58. The van der Waals surface area contributed by atoms with E-state index in [1.165, 1.54) is 6.33 Å². The molecule has 1 aromatic carbocycles. The summed E-state index contributed by atoms with van der Waals surface area (Å²) in [4.78, 5) is 7.96. The molecule has 2 rings (SSSR count). The Labute approximate surface area is 108 Å². The van der Waals surface area contributed by atoms with Gasteiger partial charge in [0.15, 0.2) is 0 Å². The van der Waals surface area contributed by atoms with Crippen molar-refractivity contribution in [1.82, 2.24) is 9.97 Å². The summed E-state index contributed by atoms with van der Waals surface area (Å²) >= 11 is 3.45. The van der Waals surface area contributed by atoms with E-state index in [0.717, 1.165) is 15.6 Å². The summed E-state index contributed by atoms with van der Waals surface area (Å²) in [6, 6.07) is 5.84. The van der Waals surface area contributed by atoms with Crippen molar-refractivity contribution in [2.24, 2.45) is 0 Å². The van der Waals surface area contributed by atoms with Crippen molar-refractivity contribution in [3.05, 3.63) is 40.1 Å². The van der Waals surface area contributed by atoms with E-state index < -0.39 is 0 Å². The molecule has 0 spiro atoms. The summed E-state index contributed by atoms with van der Waals surface area (Å²) in [7, 11) is 0. The van der Waals surface area contributed by atoms with Gasteiger partial charge in [-0.1, -0.05) is 6.07 Å². The molecule has 0 fully saturated rings. The van der Waals surface area contributed by atoms with Crippen LogP contribution in [0.15, 0.2) is 29.0 Å². The minimum absolute atomic E-state index is 0.429. The molecule has 0 saturated heterocycles. The highest BCUT2D eigenvalue weighted by molar-refractivity contribution is 9.10. The zero-order chi connectivity index (χ0) is 12.4. The topological polar surface area (TPSA) is 61.0 Å². The molecule has 0 saturated carbocycles. The van der Waals surface area contributed by atoms with Crippen LogP contribution in [0.2, 0.25) is 0 Å². The number of hydrogen-bond donors (Lipinski definition) is 1. The molecular weight excluding hydrogens is 282 g/mol. The Hall–Kier alpha value is -1.62. The standard InChI is InChI=1S/C12H12BrN3O/c1-7-3-4-10(9(13)5-7)17-12-8(2)11(14)15-6-16-12/h3-6H,1-2H3,(H2,14,15,16). The van der Waals surface area contributed by atoms with Crippen LogP contribution in [-0.2, 0) is 0 Å². The number of rotatable bonds is 2. The molecule has 88 valence electrons. The van der Waals surface area contributed by atoms with Gasteiger partial charge in [0.2, 0.25) is 5.88 Å². The lowest BCUT2D eigenvalue weighted by molar-refractivity contribution is 0.455. The van der Waals surface area contributed by atoms with Crippen LogP contribution in [0, 0.1) is 13.8 Å². The highest BCUT2D eigenvalue weighted by atomic mass is 79.9. The predicted octanol–water partition coefficient (Wildman–Crippen LogP) is 3.23. The van der Waals surface area contributed by atoms with Crippen molar-refractivity contribution in [2.75, 3.05) is 5.73 Å². The molecule has 0 aliphatic rings. The second-order valence-electron chi connectivity index (χ2n) is 3.73. The smallest absolute Gasteiger partial charge is 0.227 e. The molecule has 0 unspecified atom stereocenters. The maximum atomic E-state index is 5.70. The lowest BCUT2D eigenvalue weighted by Crippen LogP contribution is -1.99. The molecule has 1 aromatic heterocycles. The molecule has 2 aromatic rings. The van der Waals surface area contributed by atoms with Gasteiger partial charge >= 0.3 is 0 Å². The number of anilines is 1. The highest BCUT2D eigenvalue weighted by Gasteiger charge is 2.08. The highest BCUT2D eigenvalue weighted by Crippen LogP contribution is 2.31. The van der Waals surface area contributed by atoms with Gasteiger partial charge in [0.05, 0.1) is 10.0 Å². The van der Waals surface area contributed by atoms with Crippen LogP contribution >= 0.6 is 15.9 Å². The molecule has 5 heteroatoms. The first-order valence-corrected chi connectivity index (χ1v) is 5.88. The third-order valence-corrected chi connectivity index (χ3v) is 2.99. The van der Waals surface area contributed by atoms with E-state index in [2.05, 4.69) is 25.9 Å². The zero-order valence-electron chi connectivity index (χ0n) is 9.57. The predicted molar refractivity (Wildman–Crippen MR) is 70.1 cm³/mol. The Bertz CT molecular complexity index is 557. The van der Waals surface area contributed by atoms with E-state index in [4.69, 9.17) is 10.5 Å². The number of nitrogen functional groups attached to an aromatic ring is 1. The maximum absolute atomic E-state index is 5.70. The summed E-state index contributed by atoms with van der Waals surface area (Å²) in [6.45, 7) is 3.84. The first kappa shape index (κ1) is 11.9. The second kappa shape index (κ2) is 4.71. The molecule has 4 nitrogen and oxygen atoms in total. The van der Waals surface area contributed by atoms with E-state index >= 15 is 0 Å². The molecule has 0 aliphatic heterocycles. The van der Waals surface area contributed by atoms with Crippen LogP contribution in [-0.4, -0.2) is 9.97 Å². The van der Waals surface area contributed by atoms with Crippen LogP contribution < -0.4 is 10.5 Å². The van der Waals surface area contributed by atoms with Gasteiger partial charge in [0.1, 0.15) is 17.9 Å². The van der Waals surface area contributed by atoms with E-state index in [9.17, 15) is 0 Å². The van der Waals surface area contributed by atoms with Crippen molar-refractivity contribution >= 4 is 21.7 Å². The van der Waals surface area contributed by atoms with Gasteiger partial charge in [-0.2, -0.15) is 0 Å². The Morgan fingerprint density at radius 3 is 2.71 bits per heavy atom. The fourth-order valence-electron chi connectivity index (χ4n) is 1.34. The number of benzene rings is 1. The minimum atomic E-state index is 0.429. The lowest BCUT2D eigenvalue weighted by Gasteiger charge is -2.10. The van der Waals surface area contributed by atoms with E-state index in [1.807, 2.05) is 32.0 Å². The van der Waals surface area contributed by atoms with Crippen molar-refractivity contribution in [3.63, 3.8) is 0 Å². The molecule has 0 amide bonds. The van der Waals surface area contributed by atoms with Gasteiger partial charge < -0.3 is 10.5 Å². The fourth-order valence-corrected chi connectivity index (χ4v) is 1.92. The van der Waals surface area contributed by atoms with E-state index in [0.29, 0.717) is 17.4 Å². The van der Waals surface area contributed by atoms with Crippen molar-refractivity contribution in [3.8, 4) is 11.6 Å². The molecule has 17 heavy (non-hydrogen) atoms. The van der Waals surface area contributed by atoms with Gasteiger partial charge in [-0.15, -0.1) is 0 Å². The third kappa shape index (κ3) is 2.55. The van der Waals surface area contributed by atoms with Crippen molar-refractivity contribution < 1.29 is 4.74 Å². The van der Waals surface area contributed by atoms with Crippen molar-refractivity contribution in [2.45, 2.75) is 13.8 Å². The lowest BCUT2D eigenvalue weighted by atomic mass is 10.2. The summed E-state index contributed by atoms with van der Waals surface area (Å²) in [6.07, 6.45) is 1.39. The SMILES string of the molecule is Cc1ccc(Oc2ncnc(N)c2C)c(Br)c1. The number of hydrogen-bond acceptors (Lipinski definition) is 4. The van der Waals surface area contributed by atoms with Gasteiger partial charge in [-0.05, 0) is 47.5 Å². The maximum Gasteiger partial charge on any atom is 0.227 e. The number of nitrogens with two attached hydrogens (primary N) is 1. The van der Waals surface area contributed by atoms with Crippen LogP contribution in [0.5, 0.6) is 11.6 Å². The van der Waals surface area contributed by atoms with Gasteiger partial charge in [0.25, 0.3) is 0 Å². The van der Waals surface area contributed by atoms with Crippen LogP contribution in [0.3, 0.4) is 0 Å². The van der Waals surface area contributed by atoms with E-state index in [-0.39, 0.29) is 0 Å². The zero-order valence-corrected chi connectivity index (χ0v) is 11.2. The Balaban J connectivity index is 2.35. The molecule has 0 bridgehead atoms. The monoisotopic (exact) mass is 293 g/mol. The fraction of sp³-hybridized carbons (Fsp3) is 0.167. The summed E-state index contributed by atoms with van der Waals surface area (Å²) in [5.74, 6) is 1.61. The van der Waals surface area contributed by atoms with E-state index in [1.54, 1.807) is 0 Å². The normalized spacial score (nSPS) is 10.3. The van der Waals surface area contributed by atoms with Gasteiger partial charge in [-0.25, -0.2) is 9.97 Å². The number of ether oxygens (including phenoxy) is 1. The average Bonchev–Trinajstić information content (AvgIpc) is 2.28. The number of nitrogens with zero attached hydrogens (tertiary/aromatic N) is 2. The minimum Gasteiger partial charge on any atom is -0.437 e. The Morgan fingerprint density at radius 1 is 1.24 bits per heavy atom. The van der Waals surface area contributed by atoms with Crippen LogP contribution in [0.25, 0.3) is 0 Å². The largest absolute Gasteiger partial charge is 0.437 e. The van der Waals surface area contributed by atoms with Gasteiger partial charge in [0, 0.05) is 0 Å². The quantitative estimate of drug-likeness (QED) is 0.923. The third-order valence-electron chi connectivity index (χ3n) is 2.37. The summed E-state index contributed by atoms with van der Waals surface area (Å²) in [5, 5.41) is 0. The summed E-state index contributed by atoms with van der Waals surface area (Å²) in [5.41, 5.74) is 7.59. The Kier molecular flexibility index (Phi) is 3.28. The molecule has 2 N–H and O–H groups in total. The molecule has 0 atom stereocenters.